The van der Waals surface area contributed by atoms with Crippen LogP contribution in [-0.2, 0) is 0 Å². The number of halogens is 1. The Morgan fingerprint density at radius 1 is 1.26 bits per heavy atom. The molecule has 1 heterocycles. The molecule has 0 fully saturated rings. The number of nitrogens with one attached hydrogen (secondary N) is 2. The number of carbonyl (C=O) groups excluding carboxylic acids is 1. The molecule has 0 aliphatic rings. The van der Waals surface area contributed by atoms with Crippen LogP contribution in [0.25, 0.3) is 0 Å². The van der Waals surface area contributed by atoms with Gasteiger partial charge in [0.1, 0.15) is 0 Å². The predicted octanol–water partition coefficient (Wildman–Crippen LogP) is 2.08. The largest absolute Gasteiger partial charge is 0.344 e. The minimum Gasteiger partial charge on any atom is -0.344 e. The summed E-state index contributed by atoms with van der Waals surface area (Å²) in [6.07, 6.45) is 1.44. The van der Waals surface area contributed by atoms with Gasteiger partial charge in [0.2, 0.25) is 5.56 Å². The molecule has 2 aromatic rings. The number of alkyl halides is 1. The highest BCUT2D eigenvalue weighted by atomic mass is 35.5. The molecule has 1 unspecified atom stereocenters. The summed E-state index contributed by atoms with van der Waals surface area (Å²) in [4.78, 5) is 25.6. The fourth-order valence-electron chi connectivity index (χ4n) is 1.72. The molecule has 2 rings (SSSR count). The molecular weight excluding hydrogens is 264 g/mol. The molecule has 1 amide bonds. The van der Waals surface area contributed by atoms with Crippen molar-refractivity contribution in [2.24, 2.45) is 0 Å². The monoisotopic (exact) mass is 276 g/mol. The molecule has 2 N–H and O–H groups in total. The molecule has 1 atom stereocenters. The lowest BCUT2D eigenvalue weighted by Gasteiger charge is -2.16. The summed E-state index contributed by atoms with van der Waals surface area (Å²) in [6, 6.07) is 12.0. The number of hydrogen-bond donors (Lipinski definition) is 2. The molecule has 98 valence electrons. The Morgan fingerprint density at radius 3 is 2.63 bits per heavy atom. The first-order chi connectivity index (χ1) is 9.20. The number of rotatable bonds is 4. The van der Waals surface area contributed by atoms with E-state index in [9.17, 15) is 9.59 Å². The van der Waals surface area contributed by atoms with Crippen LogP contribution < -0.4 is 10.9 Å². The van der Waals surface area contributed by atoms with Crippen molar-refractivity contribution in [3.05, 3.63) is 70.1 Å². The minimum absolute atomic E-state index is 0.263. The number of amides is 1. The molecule has 19 heavy (non-hydrogen) atoms. The summed E-state index contributed by atoms with van der Waals surface area (Å²) in [6.45, 7) is 0. The third-order valence-electron chi connectivity index (χ3n) is 2.70. The second-order valence-electron chi connectivity index (χ2n) is 4.03. The van der Waals surface area contributed by atoms with E-state index in [4.69, 9.17) is 11.6 Å². The lowest BCUT2D eigenvalue weighted by molar-refractivity contribution is 0.0940. The summed E-state index contributed by atoms with van der Waals surface area (Å²) in [5.41, 5.74) is 0.931. The van der Waals surface area contributed by atoms with Crippen molar-refractivity contribution in [1.82, 2.24) is 10.3 Å². The fourth-order valence-corrected chi connectivity index (χ4v) is 1.98. The van der Waals surface area contributed by atoms with Crippen LogP contribution in [-0.4, -0.2) is 16.8 Å². The molecule has 0 aliphatic carbocycles. The molecule has 0 aliphatic heterocycles. The molecule has 0 bridgehead atoms. The van der Waals surface area contributed by atoms with Gasteiger partial charge < -0.3 is 10.3 Å². The Balaban J connectivity index is 2.15. The Kier molecular flexibility index (Phi) is 4.36. The maximum Gasteiger partial charge on any atom is 0.252 e. The van der Waals surface area contributed by atoms with Crippen LogP contribution >= 0.6 is 11.6 Å². The van der Waals surface area contributed by atoms with Gasteiger partial charge in [-0.1, -0.05) is 30.3 Å². The van der Waals surface area contributed by atoms with E-state index >= 15 is 0 Å². The maximum atomic E-state index is 12.0. The average molecular weight is 277 g/mol. The second-order valence-corrected chi connectivity index (χ2v) is 4.34. The van der Waals surface area contributed by atoms with Crippen molar-refractivity contribution in [2.45, 2.75) is 6.04 Å². The van der Waals surface area contributed by atoms with Crippen molar-refractivity contribution < 1.29 is 4.79 Å². The summed E-state index contributed by atoms with van der Waals surface area (Å²) >= 11 is 5.88. The quantitative estimate of drug-likeness (QED) is 0.840. The van der Waals surface area contributed by atoms with Crippen LogP contribution in [0.1, 0.15) is 22.0 Å². The van der Waals surface area contributed by atoms with Crippen LogP contribution in [0.3, 0.4) is 0 Å². The first-order valence-corrected chi connectivity index (χ1v) is 6.34. The standard InChI is InChI=1S/C14H13ClN2O2/c15-9-12(10-4-2-1-3-5-10)17-14(19)11-6-7-16-13(18)8-11/h1-8,12H,9H2,(H,16,18)(H,17,19). The number of hydrogen-bond acceptors (Lipinski definition) is 2. The summed E-state index contributed by atoms with van der Waals surface area (Å²) in [5, 5.41) is 2.80. The van der Waals surface area contributed by atoms with E-state index in [1.807, 2.05) is 30.3 Å². The Morgan fingerprint density at radius 2 is 2.00 bits per heavy atom. The van der Waals surface area contributed by atoms with E-state index in [-0.39, 0.29) is 23.4 Å². The summed E-state index contributed by atoms with van der Waals surface area (Å²) < 4.78 is 0. The molecular formula is C14H13ClN2O2. The van der Waals surface area contributed by atoms with E-state index in [2.05, 4.69) is 10.3 Å². The van der Waals surface area contributed by atoms with Gasteiger partial charge >= 0.3 is 0 Å². The van der Waals surface area contributed by atoms with Gasteiger partial charge in [-0.15, -0.1) is 11.6 Å². The third-order valence-corrected chi connectivity index (χ3v) is 3.01. The first kappa shape index (κ1) is 13.4. The van der Waals surface area contributed by atoms with E-state index in [1.54, 1.807) is 6.07 Å². The molecule has 0 spiro atoms. The normalized spacial score (nSPS) is 11.8. The second kappa shape index (κ2) is 6.20. The molecule has 5 heteroatoms. The lowest BCUT2D eigenvalue weighted by Crippen LogP contribution is -2.30. The number of carbonyl (C=O) groups is 1. The van der Waals surface area contributed by atoms with E-state index in [1.165, 1.54) is 12.3 Å². The molecule has 1 aromatic heterocycles. The highest BCUT2D eigenvalue weighted by Gasteiger charge is 2.14. The van der Waals surface area contributed by atoms with Gasteiger partial charge in [-0.25, -0.2) is 0 Å². The predicted molar refractivity (Wildman–Crippen MR) is 74.4 cm³/mol. The maximum absolute atomic E-state index is 12.0. The smallest absolute Gasteiger partial charge is 0.252 e. The summed E-state index contributed by atoms with van der Waals surface area (Å²) in [7, 11) is 0. The molecule has 1 aromatic carbocycles. The van der Waals surface area contributed by atoms with Gasteiger partial charge in [0.05, 0.1) is 6.04 Å². The van der Waals surface area contributed by atoms with Crippen molar-refractivity contribution >= 4 is 17.5 Å². The number of H-pyrrole nitrogens is 1. The zero-order valence-electron chi connectivity index (χ0n) is 10.1. The van der Waals surface area contributed by atoms with Crippen molar-refractivity contribution in [3.8, 4) is 0 Å². The van der Waals surface area contributed by atoms with Crippen molar-refractivity contribution in [2.75, 3.05) is 5.88 Å². The fraction of sp³-hybridized carbons (Fsp3) is 0.143. The molecule has 0 radical (unpaired) electrons. The van der Waals surface area contributed by atoms with Crippen molar-refractivity contribution in [1.29, 1.82) is 0 Å². The molecule has 0 saturated heterocycles. The van der Waals surface area contributed by atoms with E-state index in [0.29, 0.717) is 5.56 Å². The van der Waals surface area contributed by atoms with Crippen LogP contribution in [0.2, 0.25) is 0 Å². The van der Waals surface area contributed by atoms with Crippen LogP contribution in [0, 0.1) is 0 Å². The summed E-state index contributed by atoms with van der Waals surface area (Å²) in [5.74, 6) is -0.0560. The average Bonchev–Trinajstić information content (AvgIpc) is 2.45. The number of pyridine rings is 1. The van der Waals surface area contributed by atoms with Crippen molar-refractivity contribution in [3.63, 3.8) is 0 Å². The lowest BCUT2D eigenvalue weighted by atomic mass is 10.1. The zero-order chi connectivity index (χ0) is 13.7. The topological polar surface area (TPSA) is 62.0 Å². The van der Waals surface area contributed by atoms with Gasteiger partial charge in [0.25, 0.3) is 5.91 Å². The highest BCUT2D eigenvalue weighted by Crippen LogP contribution is 2.14. The van der Waals surface area contributed by atoms with Gasteiger partial charge in [-0.2, -0.15) is 0 Å². The van der Waals surface area contributed by atoms with Crippen LogP contribution in [0.5, 0.6) is 0 Å². The number of aromatic amines is 1. The highest BCUT2D eigenvalue weighted by molar-refractivity contribution is 6.18. The molecule has 0 saturated carbocycles. The van der Waals surface area contributed by atoms with Gasteiger partial charge in [-0.3, -0.25) is 9.59 Å². The zero-order valence-corrected chi connectivity index (χ0v) is 10.9. The Hall–Kier alpha value is -2.07. The molecule has 4 nitrogen and oxygen atoms in total. The SMILES string of the molecule is O=C(NC(CCl)c1ccccc1)c1cc[nH]c(=O)c1. The van der Waals surface area contributed by atoms with E-state index < -0.39 is 0 Å². The van der Waals surface area contributed by atoms with Gasteiger partial charge in [0, 0.05) is 23.7 Å². The van der Waals surface area contributed by atoms with E-state index in [0.717, 1.165) is 5.56 Å². The Bertz CT molecular complexity index is 610. The number of aromatic nitrogens is 1. The minimum atomic E-state index is -0.319. The van der Waals surface area contributed by atoms with Gasteiger partial charge in [-0.05, 0) is 11.6 Å². The first-order valence-electron chi connectivity index (χ1n) is 5.81. The van der Waals surface area contributed by atoms with Crippen LogP contribution in [0.4, 0.5) is 0 Å². The van der Waals surface area contributed by atoms with Gasteiger partial charge in [0.15, 0.2) is 0 Å². The Labute approximate surface area is 115 Å². The van der Waals surface area contributed by atoms with Crippen LogP contribution in [0.15, 0.2) is 53.5 Å². The number of benzene rings is 1. The third kappa shape index (κ3) is 3.45.